The van der Waals surface area contributed by atoms with Gasteiger partial charge >= 0.3 is 6.09 Å². The van der Waals surface area contributed by atoms with E-state index in [0.29, 0.717) is 11.4 Å². The van der Waals surface area contributed by atoms with Crippen LogP contribution in [0.5, 0.6) is 0 Å². The van der Waals surface area contributed by atoms with Gasteiger partial charge in [0.15, 0.2) is 0 Å². The standard InChI is InChI=1S/C33H31FN4O5/c1-32(2,3)38(31(42)43)27-17-11-10-16-26(27)37-28(39)22-18-20-23(21-19-22)33(34,29(40)35-24-12-6-4-7-13-24)30(41)36-25-14-8-5-9-15-25/h4-21H,1-3H3,(H,35,40)(H,36,41)(H,37,39)(H,42,43). The van der Waals surface area contributed by atoms with Crippen LogP contribution < -0.4 is 20.9 Å². The first kappa shape index (κ1) is 30.4. The SMILES string of the molecule is CC(C)(C)N(C(=O)O)c1ccccc1NC(=O)c1ccc(C(F)(C(=O)Nc2ccccc2)C(=O)Nc2ccccc2)cc1. The molecule has 0 spiro atoms. The molecule has 4 rings (SSSR count). The summed E-state index contributed by atoms with van der Waals surface area (Å²) in [5, 5.41) is 17.4. The Hall–Kier alpha value is -5.51. The molecule has 9 nitrogen and oxygen atoms in total. The van der Waals surface area contributed by atoms with Gasteiger partial charge in [0.25, 0.3) is 23.4 Å². The van der Waals surface area contributed by atoms with Crippen molar-refractivity contribution in [1.82, 2.24) is 0 Å². The van der Waals surface area contributed by atoms with E-state index >= 15 is 4.39 Å². The first-order valence-electron chi connectivity index (χ1n) is 13.4. The molecule has 0 radical (unpaired) electrons. The molecule has 0 heterocycles. The maximum Gasteiger partial charge on any atom is 0.412 e. The van der Waals surface area contributed by atoms with Gasteiger partial charge in [-0.1, -0.05) is 60.7 Å². The Morgan fingerprint density at radius 2 is 1.12 bits per heavy atom. The van der Waals surface area contributed by atoms with Crippen LogP contribution in [-0.4, -0.2) is 34.5 Å². The molecule has 0 aliphatic carbocycles. The Morgan fingerprint density at radius 1 is 0.651 bits per heavy atom. The Balaban J connectivity index is 1.64. The molecule has 0 saturated heterocycles. The summed E-state index contributed by atoms with van der Waals surface area (Å²) in [6.45, 7) is 5.18. The predicted octanol–water partition coefficient (Wildman–Crippen LogP) is 6.66. The van der Waals surface area contributed by atoms with Crippen molar-refractivity contribution in [1.29, 1.82) is 0 Å². The fraction of sp³-hybridized carbons (Fsp3) is 0.152. The van der Waals surface area contributed by atoms with Crippen LogP contribution in [0.25, 0.3) is 0 Å². The van der Waals surface area contributed by atoms with Gasteiger partial charge in [-0.15, -0.1) is 0 Å². The molecular formula is C33H31FN4O5. The summed E-state index contributed by atoms with van der Waals surface area (Å²) in [5.41, 5.74) is -3.07. The number of hydrogen-bond donors (Lipinski definition) is 4. The highest BCUT2D eigenvalue weighted by Gasteiger charge is 2.48. The minimum absolute atomic E-state index is 0.0884. The number of para-hydroxylation sites is 4. The number of nitrogens with zero attached hydrogens (tertiary/aromatic N) is 1. The average Bonchev–Trinajstić information content (AvgIpc) is 2.98. The van der Waals surface area contributed by atoms with Gasteiger partial charge in [-0.2, -0.15) is 0 Å². The number of amides is 4. The molecule has 0 aromatic heterocycles. The number of alkyl halides is 1. The van der Waals surface area contributed by atoms with E-state index in [4.69, 9.17) is 0 Å². The van der Waals surface area contributed by atoms with Crippen LogP contribution in [0.15, 0.2) is 109 Å². The van der Waals surface area contributed by atoms with Crippen LogP contribution in [0.1, 0.15) is 36.7 Å². The summed E-state index contributed by atoms with van der Waals surface area (Å²) < 4.78 is 16.7. The number of nitrogens with one attached hydrogen (secondary N) is 3. The van der Waals surface area contributed by atoms with Crippen molar-refractivity contribution in [2.75, 3.05) is 20.9 Å². The van der Waals surface area contributed by atoms with Crippen LogP contribution in [0.2, 0.25) is 0 Å². The first-order chi connectivity index (χ1) is 20.4. The predicted molar refractivity (Wildman–Crippen MR) is 164 cm³/mol. The van der Waals surface area contributed by atoms with Gasteiger partial charge in [0.05, 0.1) is 11.4 Å². The van der Waals surface area contributed by atoms with Crippen LogP contribution in [-0.2, 0) is 15.3 Å². The second-order valence-corrected chi connectivity index (χ2v) is 10.6. The van der Waals surface area contributed by atoms with Gasteiger partial charge in [0.2, 0.25) is 0 Å². The van der Waals surface area contributed by atoms with Gasteiger partial charge in [-0.25, -0.2) is 9.18 Å². The molecule has 10 heteroatoms. The van der Waals surface area contributed by atoms with Gasteiger partial charge in [0, 0.05) is 28.0 Å². The van der Waals surface area contributed by atoms with Crippen LogP contribution in [0.3, 0.4) is 0 Å². The largest absolute Gasteiger partial charge is 0.465 e. The second kappa shape index (κ2) is 12.6. The molecule has 220 valence electrons. The highest BCUT2D eigenvalue weighted by molar-refractivity contribution is 6.18. The van der Waals surface area contributed by atoms with Gasteiger partial charge < -0.3 is 21.1 Å². The Labute approximate surface area is 248 Å². The van der Waals surface area contributed by atoms with Crippen LogP contribution in [0, 0.1) is 0 Å². The molecule has 43 heavy (non-hydrogen) atoms. The molecule has 4 aromatic carbocycles. The van der Waals surface area contributed by atoms with Crippen molar-refractivity contribution in [3.05, 3.63) is 120 Å². The molecule has 0 unspecified atom stereocenters. The Bertz CT molecular complexity index is 1570. The highest BCUT2D eigenvalue weighted by Crippen LogP contribution is 2.33. The van der Waals surface area contributed by atoms with E-state index in [0.717, 1.165) is 4.90 Å². The Kier molecular flexibility index (Phi) is 8.89. The van der Waals surface area contributed by atoms with Crippen molar-refractivity contribution in [3.8, 4) is 0 Å². The summed E-state index contributed by atoms with van der Waals surface area (Å²) in [4.78, 5) is 52.9. The molecule has 0 aliphatic heterocycles. The number of carboxylic acid groups (broad SMARTS) is 1. The van der Waals surface area contributed by atoms with Crippen LogP contribution in [0.4, 0.5) is 31.9 Å². The van der Waals surface area contributed by atoms with Gasteiger partial charge in [-0.05, 0) is 69.3 Å². The molecule has 4 amide bonds. The maximum atomic E-state index is 16.7. The molecule has 0 saturated carbocycles. The summed E-state index contributed by atoms with van der Waals surface area (Å²) in [6.07, 6.45) is -1.19. The second-order valence-electron chi connectivity index (χ2n) is 10.6. The molecule has 0 bridgehead atoms. The van der Waals surface area contributed by atoms with E-state index in [2.05, 4.69) is 16.0 Å². The number of halogens is 1. The molecule has 0 aliphatic rings. The zero-order valence-corrected chi connectivity index (χ0v) is 23.8. The van der Waals surface area contributed by atoms with E-state index in [9.17, 15) is 24.3 Å². The summed E-state index contributed by atoms with van der Waals surface area (Å²) in [5.74, 6) is -3.03. The zero-order valence-electron chi connectivity index (χ0n) is 23.8. The Morgan fingerprint density at radius 3 is 1.58 bits per heavy atom. The molecule has 4 aromatic rings. The normalized spacial score (nSPS) is 11.3. The number of carbonyl (C=O) groups excluding carboxylic acids is 3. The fourth-order valence-corrected chi connectivity index (χ4v) is 4.41. The smallest absolute Gasteiger partial charge is 0.412 e. The molecule has 0 atom stereocenters. The van der Waals surface area contributed by atoms with E-state index in [1.807, 2.05) is 0 Å². The lowest BCUT2D eigenvalue weighted by atomic mass is 9.92. The lowest BCUT2D eigenvalue weighted by Crippen LogP contribution is -2.46. The zero-order chi connectivity index (χ0) is 31.2. The summed E-state index contributed by atoms with van der Waals surface area (Å²) in [7, 11) is 0. The van der Waals surface area contributed by atoms with Gasteiger partial charge in [-0.3, -0.25) is 19.3 Å². The van der Waals surface area contributed by atoms with E-state index in [-0.39, 0.29) is 22.5 Å². The van der Waals surface area contributed by atoms with Crippen molar-refractivity contribution < 1.29 is 28.7 Å². The minimum Gasteiger partial charge on any atom is -0.465 e. The fourth-order valence-electron chi connectivity index (χ4n) is 4.41. The lowest BCUT2D eigenvalue weighted by Gasteiger charge is -2.34. The monoisotopic (exact) mass is 582 g/mol. The van der Waals surface area contributed by atoms with Gasteiger partial charge in [0.1, 0.15) is 0 Å². The lowest BCUT2D eigenvalue weighted by molar-refractivity contribution is -0.140. The minimum atomic E-state index is -3.16. The van der Waals surface area contributed by atoms with Crippen LogP contribution >= 0.6 is 0 Å². The van der Waals surface area contributed by atoms with Crippen molar-refractivity contribution in [2.45, 2.75) is 32.0 Å². The average molecular weight is 583 g/mol. The number of hydrogen-bond acceptors (Lipinski definition) is 4. The number of carbonyl (C=O) groups is 4. The van der Waals surface area contributed by atoms with E-state index in [1.165, 1.54) is 24.3 Å². The molecular weight excluding hydrogens is 551 g/mol. The number of rotatable bonds is 8. The van der Waals surface area contributed by atoms with Crippen molar-refractivity contribution in [2.24, 2.45) is 0 Å². The third-order valence-corrected chi connectivity index (χ3v) is 6.49. The third-order valence-electron chi connectivity index (χ3n) is 6.49. The topological polar surface area (TPSA) is 128 Å². The summed E-state index contributed by atoms with van der Waals surface area (Å²) >= 11 is 0. The summed E-state index contributed by atoms with van der Waals surface area (Å²) in [6, 6.07) is 27.7. The van der Waals surface area contributed by atoms with E-state index < -0.39 is 35.0 Å². The van der Waals surface area contributed by atoms with E-state index in [1.54, 1.807) is 106 Å². The van der Waals surface area contributed by atoms with Crippen molar-refractivity contribution >= 4 is 46.6 Å². The molecule has 4 N–H and O–H groups in total. The number of anilines is 4. The van der Waals surface area contributed by atoms with Crippen molar-refractivity contribution in [3.63, 3.8) is 0 Å². The quantitative estimate of drug-likeness (QED) is 0.173. The number of benzene rings is 4. The third kappa shape index (κ3) is 6.87. The molecule has 0 fully saturated rings. The highest BCUT2D eigenvalue weighted by atomic mass is 19.1. The first-order valence-corrected chi connectivity index (χ1v) is 13.4. The maximum absolute atomic E-state index is 16.7.